The quantitative estimate of drug-likeness (QED) is 0.469. The molecule has 0 unspecified atom stereocenters. The molecule has 0 N–H and O–H groups in total. The zero-order valence-corrected chi connectivity index (χ0v) is 6.37. The van der Waals surface area contributed by atoms with E-state index in [9.17, 15) is 0 Å². The fourth-order valence-electron chi connectivity index (χ4n) is 0.678. The van der Waals surface area contributed by atoms with Gasteiger partial charge >= 0.3 is 22.4 Å². The van der Waals surface area contributed by atoms with Crippen LogP contribution in [0.25, 0.3) is 0 Å². The SMILES string of the molecule is [Au+].[C-]1=CCCCC1. The van der Waals surface area contributed by atoms with Crippen LogP contribution < -0.4 is 0 Å². The third-order valence-electron chi connectivity index (χ3n) is 1.06. The van der Waals surface area contributed by atoms with Crippen molar-refractivity contribution in [3.8, 4) is 0 Å². The minimum absolute atomic E-state index is 0. The number of hydrogen-bond acceptors (Lipinski definition) is 0. The van der Waals surface area contributed by atoms with Crippen LogP contribution in [0.2, 0.25) is 0 Å². The molecule has 0 radical (unpaired) electrons. The first-order valence-corrected chi connectivity index (χ1v) is 2.55. The van der Waals surface area contributed by atoms with Gasteiger partial charge in [0.1, 0.15) is 0 Å². The fraction of sp³-hybridized carbons (Fsp3) is 0.667. The van der Waals surface area contributed by atoms with E-state index in [0.29, 0.717) is 0 Å². The van der Waals surface area contributed by atoms with Crippen LogP contribution in [0.4, 0.5) is 0 Å². The van der Waals surface area contributed by atoms with E-state index in [-0.39, 0.29) is 22.4 Å². The van der Waals surface area contributed by atoms with Gasteiger partial charge < -0.3 is 6.08 Å². The summed E-state index contributed by atoms with van der Waals surface area (Å²) >= 11 is 0. The van der Waals surface area contributed by atoms with Crippen LogP contribution in [0.15, 0.2) is 6.08 Å². The van der Waals surface area contributed by atoms with Crippen LogP contribution in [0.3, 0.4) is 0 Å². The van der Waals surface area contributed by atoms with Crippen molar-refractivity contribution in [3.05, 3.63) is 12.2 Å². The zero-order chi connectivity index (χ0) is 4.24. The van der Waals surface area contributed by atoms with Gasteiger partial charge in [-0.1, -0.05) is 19.3 Å². The molecule has 0 fully saturated rings. The average molecular weight is 278 g/mol. The van der Waals surface area contributed by atoms with Crippen molar-refractivity contribution >= 4 is 0 Å². The van der Waals surface area contributed by atoms with Gasteiger partial charge in [0.25, 0.3) is 0 Å². The summed E-state index contributed by atoms with van der Waals surface area (Å²) in [6, 6.07) is 0. The number of hydrogen-bond donors (Lipinski definition) is 0. The van der Waals surface area contributed by atoms with E-state index in [1.54, 1.807) is 0 Å². The van der Waals surface area contributed by atoms with Crippen molar-refractivity contribution in [1.82, 2.24) is 0 Å². The van der Waals surface area contributed by atoms with Gasteiger partial charge in [-0.2, -0.15) is 6.42 Å². The molecule has 0 aromatic rings. The summed E-state index contributed by atoms with van der Waals surface area (Å²) in [6.45, 7) is 0. The number of rotatable bonds is 0. The molecule has 1 rings (SSSR count). The summed E-state index contributed by atoms with van der Waals surface area (Å²) in [7, 11) is 0. The van der Waals surface area contributed by atoms with Crippen molar-refractivity contribution in [2.45, 2.75) is 25.7 Å². The normalized spacial score (nSPS) is 18.3. The Labute approximate surface area is 60.5 Å². The van der Waals surface area contributed by atoms with Gasteiger partial charge in [-0.3, -0.25) is 6.08 Å². The van der Waals surface area contributed by atoms with Gasteiger partial charge in [0.15, 0.2) is 0 Å². The predicted molar refractivity (Wildman–Crippen MR) is 26.3 cm³/mol. The molecule has 0 amide bonds. The summed E-state index contributed by atoms with van der Waals surface area (Å²) in [5.41, 5.74) is 0. The smallest absolute Gasteiger partial charge is 0.501 e. The largest absolute Gasteiger partial charge is 1.00 e. The summed E-state index contributed by atoms with van der Waals surface area (Å²) in [4.78, 5) is 0. The van der Waals surface area contributed by atoms with Crippen LogP contribution in [-0.4, -0.2) is 0 Å². The maximum atomic E-state index is 3.16. The molecule has 0 heterocycles. The molecule has 44 valence electrons. The molecule has 1 aliphatic rings. The predicted octanol–water partition coefficient (Wildman–Crippen LogP) is 1.92. The molecular weight excluding hydrogens is 269 g/mol. The molecule has 0 nitrogen and oxygen atoms in total. The first-order chi connectivity index (χ1) is 3.00. The minimum atomic E-state index is 0. The summed E-state index contributed by atoms with van der Waals surface area (Å²) in [5, 5.41) is 0. The van der Waals surface area contributed by atoms with Crippen molar-refractivity contribution in [2.75, 3.05) is 0 Å². The molecule has 0 bridgehead atoms. The molecule has 0 saturated carbocycles. The van der Waals surface area contributed by atoms with Gasteiger partial charge in [-0.05, 0) is 0 Å². The Morgan fingerprint density at radius 3 is 2.29 bits per heavy atom. The third-order valence-corrected chi connectivity index (χ3v) is 1.06. The van der Waals surface area contributed by atoms with Crippen LogP contribution in [0.5, 0.6) is 0 Å². The van der Waals surface area contributed by atoms with E-state index in [4.69, 9.17) is 0 Å². The van der Waals surface area contributed by atoms with E-state index in [2.05, 4.69) is 12.2 Å². The Kier molecular flexibility index (Phi) is 4.95. The van der Waals surface area contributed by atoms with Crippen LogP contribution in [0, 0.1) is 6.08 Å². The van der Waals surface area contributed by atoms with Crippen LogP contribution in [-0.2, 0) is 22.4 Å². The topological polar surface area (TPSA) is 0 Å². The van der Waals surface area contributed by atoms with Gasteiger partial charge in [0.05, 0.1) is 0 Å². The molecule has 7 heavy (non-hydrogen) atoms. The van der Waals surface area contributed by atoms with Crippen LogP contribution in [0.1, 0.15) is 25.7 Å². The maximum absolute atomic E-state index is 3.16. The molecular formula is C6H9Au. The van der Waals surface area contributed by atoms with Gasteiger partial charge in [0, 0.05) is 0 Å². The Bertz CT molecular complexity index is 49.2. The van der Waals surface area contributed by atoms with Crippen molar-refractivity contribution in [1.29, 1.82) is 0 Å². The Morgan fingerprint density at radius 2 is 2.14 bits per heavy atom. The maximum Gasteiger partial charge on any atom is 1.00 e. The van der Waals surface area contributed by atoms with Crippen LogP contribution >= 0.6 is 0 Å². The molecule has 0 aliphatic heterocycles. The van der Waals surface area contributed by atoms with Crippen molar-refractivity contribution in [3.63, 3.8) is 0 Å². The van der Waals surface area contributed by atoms with Gasteiger partial charge in [-0.25, -0.2) is 0 Å². The summed E-state index contributed by atoms with van der Waals surface area (Å²) in [5.74, 6) is 0. The molecule has 1 aliphatic carbocycles. The Hall–Kier alpha value is 0.480. The van der Waals surface area contributed by atoms with E-state index >= 15 is 0 Å². The summed E-state index contributed by atoms with van der Waals surface area (Å²) in [6.07, 6.45) is 10.5. The molecule has 0 aromatic heterocycles. The van der Waals surface area contributed by atoms with E-state index in [1.807, 2.05) is 0 Å². The second kappa shape index (κ2) is 4.63. The minimum Gasteiger partial charge on any atom is -0.501 e. The second-order valence-corrected chi connectivity index (χ2v) is 1.65. The Balaban J connectivity index is 0.000000360. The first-order valence-electron chi connectivity index (χ1n) is 2.55. The fourth-order valence-corrected chi connectivity index (χ4v) is 0.678. The first kappa shape index (κ1) is 7.48. The Morgan fingerprint density at radius 1 is 1.29 bits per heavy atom. The molecule has 0 spiro atoms. The summed E-state index contributed by atoms with van der Waals surface area (Å²) < 4.78 is 0. The molecule has 1 heteroatoms. The average Bonchev–Trinajstić information content (AvgIpc) is 1.72. The number of allylic oxidation sites excluding steroid dienone is 2. The van der Waals surface area contributed by atoms with E-state index in [1.165, 1.54) is 25.7 Å². The molecule has 0 atom stereocenters. The van der Waals surface area contributed by atoms with E-state index < -0.39 is 0 Å². The van der Waals surface area contributed by atoms with E-state index in [0.717, 1.165) is 0 Å². The van der Waals surface area contributed by atoms with Crippen molar-refractivity contribution < 1.29 is 22.4 Å². The van der Waals surface area contributed by atoms with Crippen molar-refractivity contribution in [2.24, 2.45) is 0 Å². The van der Waals surface area contributed by atoms with Gasteiger partial charge in [0.2, 0.25) is 0 Å². The molecule has 0 saturated heterocycles. The molecule has 0 aromatic carbocycles. The third kappa shape index (κ3) is 3.10. The standard InChI is InChI=1S/C6H9.Au/c1-2-4-6-5-3-1;/h1H,2,4-6H2;/q-1;+1. The zero-order valence-electron chi connectivity index (χ0n) is 4.21. The monoisotopic (exact) mass is 278 g/mol. The second-order valence-electron chi connectivity index (χ2n) is 1.65. The van der Waals surface area contributed by atoms with Gasteiger partial charge in [-0.15, -0.1) is 0 Å².